The number of carbonyl (C=O) groups is 1. The van der Waals surface area contributed by atoms with Crippen LogP contribution in [0.25, 0.3) is 5.57 Å². The summed E-state index contributed by atoms with van der Waals surface area (Å²) in [5.74, 6) is -1.30. The zero-order chi connectivity index (χ0) is 14.7. The lowest BCUT2D eigenvalue weighted by Gasteiger charge is -2.42. The quantitative estimate of drug-likeness (QED) is 0.516. The standard InChI is InChI=1S/C14H14O6/c1-14-5-11(18)9(16)4-8(14)7-2-6(15)3-10(17)12(7)13(19)20-14/h2-4,9,11,15-18H,5H2,1H3/t9-,11+,14-/m0/s1. The molecule has 0 fully saturated rings. The Bertz CT molecular complexity index is 635. The van der Waals surface area contributed by atoms with Crippen molar-refractivity contribution in [1.82, 2.24) is 0 Å². The number of carbonyl (C=O) groups excluding carboxylic acids is 1. The van der Waals surface area contributed by atoms with E-state index in [2.05, 4.69) is 0 Å². The highest BCUT2D eigenvalue weighted by Crippen LogP contribution is 2.47. The van der Waals surface area contributed by atoms with Crippen molar-refractivity contribution in [3.63, 3.8) is 0 Å². The molecule has 0 saturated heterocycles. The summed E-state index contributed by atoms with van der Waals surface area (Å²) in [7, 11) is 0. The van der Waals surface area contributed by atoms with Crippen molar-refractivity contribution in [2.24, 2.45) is 0 Å². The van der Waals surface area contributed by atoms with Gasteiger partial charge in [-0.05, 0) is 19.1 Å². The van der Waals surface area contributed by atoms with Gasteiger partial charge in [-0.2, -0.15) is 0 Å². The SMILES string of the molecule is C[C@]12C[C@@H](O)[C@@H](O)C=C1c1cc(O)cc(O)c1C(=O)O2. The third-order valence-corrected chi connectivity index (χ3v) is 3.81. The molecular weight excluding hydrogens is 264 g/mol. The maximum absolute atomic E-state index is 12.0. The molecule has 0 saturated carbocycles. The van der Waals surface area contributed by atoms with E-state index in [1.807, 2.05) is 0 Å². The van der Waals surface area contributed by atoms with E-state index >= 15 is 0 Å². The van der Waals surface area contributed by atoms with Crippen molar-refractivity contribution in [2.45, 2.75) is 31.2 Å². The maximum Gasteiger partial charge on any atom is 0.343 e. The number of phenols is 2. The fraction of sp³-hybridized carbons (Fsp3) is 0.357. The first kappa shape index (κ1) is 13.0. The second kappa shape index (κ2) is 3.97. The second-order valence-electron chi connectivity index (χ2n) is 5.35. The van der Waals surface area contributed by atoms with Crippen LogP contribution in [0.4, 0.5) is 0 Å². The van der Waals surface area contributed by atoms with E-state index < -0.39 is 23.8 Å². The van der Waals surface area contributed by atoms with Gasteiger partial charge < -0.3 is 25.2 Å². The molecular formula is C14H14O6. The Kier molecular flexibility index (Phi) is 2.57. The van der Waals surface area contributed by atoms with Gasteiger partial charge in [0.05, 0.1) is 12.2 Å². The van der Waals surface area contributed by atoms with Crippen LogP contribution >= 0.6 is 0 Å². The number of phenolic OH excluding ortho intramolecular Hbond substituents is 2. The van der Waals surface area contributed by atoms with Gasteiger partial charge in [0.25, 0.3) is 0 Å². The molecule has 106 valence electrons. The molecule has 1 heterocycles. The molecule has 0 aromatic heterocycles. The van der Waals surface area contributed by atoms with E-state index in [1.165, 1.54) is 12.1 Å². The first-order valence-corrected chi connectivity index (χ1v) is 6.20. The van der Waals surface area contributed by atoms with E-state index in [4.69, 9.17) is 4.74 Å². The minimum atomic E-state index is -1.09. The third kappa shape index (κ3) is 1.69. The first-order chi connectivity index (χ1) is 9.32. The van der Waals surface area contributed by atoms with Crippen LogP contribution in [0.15, 0.2) is 18.2 Å². The molecule has 2 aliphatic rings. The van der Waals surface area contributed by atoms with Crippen molar-refractivity contribution in [2.75, 3.05) is 0 Å². The van der Waals surface area contributed by atoms with Gasteiger partial charge in [-0.3, -0.25) is 0 Å². The monoisotopic (exact) mass is 278 g/mol. The molecule has 20 heavy (non-hydrogen) atoms. The molecule has 6 heteroatoms. The minimum absolute atomic E-state index is 0.0433. The van der Waals surface area contributed by atoms with Crippen molar-refractivity contribution in [3.05, 3.63) is 29.3 Å². The zero-order valence-corrected chi connectivity index (χ0v) is 10.7. The number of hydrogen-bond acceptors (Lipinski definition) is 6. The Labute approximate surface area is 114 Å². The minimum Gasteiger partial charge on any atom is -0.508 e. The summed E-state index contributed by atoms with van der Waals surface area (Å²) in [4.78, 5) is 12.0. The van der Waals surface area contributed by atoms with Crippen LogP contribution in [0.5, 0.6) is 11.5 Å². The van der Waals surface area contributed by atoms with Crippen LogP contribution in [0.1, 0.15) is 29.3 Å². The zero-order valence-electron chi connectivity index (χ0n) is 10.7. The molecule has 0 unspecified atom stereocenters. The number of fused-ring (bicyclic) bond motifs is 3. The number of ether oxygens (including phenoxy) is 1. The number of benzene rings is 1. The highest BCUT2D eigenvalue weighted by Gasteiger charge is 2.47. The molecule has 0 amide bonds. The fourth-order valence-electron chi connectivity index (χ4n) is 2.85. The van der Waals surface area contributed by atoms with E-state index in [0.29, 0.717) is 11.1 Å². The van der Waals surface area contributed by atoms with Gasteiger partial charge in [0.2, 0.25) is 0 Å². The van der Waals surface area contributed by atoms with Gasteiger partial charge in [-0.1, -0.05) is 0 Å². The lowest BCUT2D eigenvalue weighted by Crippen LogP contribution is -2.47. The molecule has 1 aromatic carbocycles. The number of rotatable bonds is 0. The molecule has 0 spiro atoms. The van der Waals surface area contributed by atoms with Crippen molar-refractivity contribution < 1.29 is 30.0 Å². The van der Waals surface area contributed by atoms with Crippen molar-refractivity contribution >= 4 is 11.5 Å². The summed E-state index contributed by atoms with van der Waals surface area (Å²) >= 11 is 0. The summed E-state index contributed by atoms with van der Waals surface area (Å²) < 4.78 is 5.32. The predicted molar refractivity (Wildman–Crippen MR) is 68.2 cm³/mol. The summed E-state index contributed by atoms with van der Waals surface area (Å²) in [6, 6.07) is 2.39. The Morgan fingerprint density at radius 1 is 1.30 bits per heavy atom. The van der Waals surface area contributed by atoms with E-state index in [9.17, 15) is 25.2 Å². The van der Waals surface area contributed by atoms with E-state index in [-0.39, 0.29) is 23.5 Å². The normalized spacial score (nSPS) is 31.9. The average molecular weight is 278 g/mol. The Morgan fingerprint density at radius 3 is 2.70 bits per heavy atom. The molecule has 0 bridgehead atoms. The molecule has 3 atom stereocenters. The fourth-order valence-corrected chi connectivity index (χ4v) is 2.85. The number of esters is 1. The Morgan fingerprint density at radius 2 is 2.00 bits per heavy atom. The van der Waals surface area contributed by atoms with Crippen LogP contribution in [-0.2, 0) is 4.74 Å². The molecule has 6 nitrogen and oxygen atoms in total. The Hall–Kier alpha value is -2.05. The average Bonchev–Trinajstić information content (AvgIpc) is 2.31. The topological polar surface area (TPSA) is 107 Å². The largest absolute Gasteiger partial charge is 0.508 e. The van der Waals surface area contributed by atoms with Crippen LogP contribution in [0.2, 0.25) is 0 Å². The van der Waals surface area contributed by atoms with Gasteiger partial charge in [0, 0.05) is 23.6 Å². The van der Waals surface area contributed by atoms with Gasteiger partial charge in [0.1, 0.15) is 22.7 Å². The van der Waals surface area contributed by atoms with Crippen LogP contribution in [0.3, 0.4) is 0 Å². The highest BCUT2D eigenvalue weighted by molar-refractivity contribution is 6.03. The van der Waals surface area contributed by atoms with Gasteiger partial charge >= 0.3 is 5.97 Å². The lowest BCUT2D eigenvalue weighted by molar-refractivity contribution is -0.0387. The lowest BCUT2D eigenvalue weighted by atomic mass is 9.75. The maximum atomic E-state index is 12.0. The van der Waals surface area contributed by atoms with Crippen LogP contribution < -0.4 is 0 Å². The Balaban J connectivity index is 2.28. The van der Waals surface area contributed by atoms with Gasteiger partial charge in [-0.25, -0.2) is 4.79 Å². The highest BCUT2D eigenvalue weighted by atomic mass is 16.6. The molecule has 0 radical (unpaired) electrons. The third-order valence-electron chi connectivity index (χ3n) is 3.81. The molecule has 1 aliphatic carbocycles. The number of hydrogen-bond donors (Lipinski definition) is 4. The number of aliphatic hydroxyl groups excluding tert-OH is 2. The molecule has 1 aliphatic heterocycles. The molecule has 4 N–H and O–H groups in total. The van der Waals surface area contributed by atoms with Gasteiger partial charge in [0.15, 0.2) is 0 Å². The molecule has 3 rings (SSSR count). The summed E-state index contributed by atoms with van der Waals surface area (Å²) in [5, 5.41) is 38.9. The molecule has 1 aromatic rings. The number of aromatic hydroxyl groups is 2. The summed E-state index contributed by atoms with van der Waals surface area (Å²) in [6.45, 7) is 1.62. The smallest absolute Gasteiger partial charge is 0.343 e. The number of aliphatic hydroxyl groups is 2. The van der Waals surface area contributed by atoms with Crippen LogP contribution in [-0.4, -0.2) is 44.2 Å². The summed E-state index contributed by atoms with van der Waals surface area (Å²) in [6.07, 6.45) is -0.698. The van der Waals surface area contributed by atoms with E-state index in [0.717, 1.165) is 6.07 Å². The first-order valence-electron chi connectivity index (χ1n) is 6.20. The second-order valence-corrected chi connectivity index (χ2v) is 5.35. The van der Waals surface area contributed by atoms with Crippen LogP contribution in [0, 0.1) is 0 Å². The summed E-state index contributed by atoms with van der Waals surface area (Å²) in [5.41, 5.74) is -0.360. The van der Waals surface area contributed by atoms with Gasteiger partial charge in [-0.15, -0.1) is 0 Å². The van der Waals surface area contributed by atoms with Crippen molar-refractivity contribution in [1.29, 1.82) is 0 Å². The van der Waals surface area contributed by atoms with E-state index in [1.54, 1.807) is 6.92 Å². The van der Waals surface area contributed by atoms with Crippen molar-refractivity contribution in [3.8, 4) is 11.5 Å². The predicted octanol–water partition coefficient (Wildman–Crippen LogP) is 0.536.